The van der Waals surface area contributed by atoms with Crippen LogP contribution in [0.1, 0.15) is 17.0 Å². The molecule has 5 aromatic rings. The van der Waals surface area contributed by atoms with Crippen molar-refractivity contribution in [1.82, 2.24) is 4.98 Å². The van der Waals surface area contributed by atoms with Gasteiger partial charge in [-0.1, -0.05) is 78.9 Å². The Morgan fingerprint density at radius 2 is 1.53 bits per heavy atom. The highest BCUT2D eigenvalue weighted by atomic mass is 16.1. The van der Waals surface area contributed by atoms with Crippen LogP contribution in [0.15, 0.2) is 103 Å². The summed E-state index contributed by atoms with van der Waals surface area (Å²) in [4.78, 5) is 16.7. The molecule has 0 fully saturated rings. The first kappa shape index (κ1) is 18.2. The molecule has 3 nitrogen and oxygen atoms in total. The minimum atomic E-state index is -0.297. The number of aromatic amines is 1. The van der Waals surface area contributed by atoms with E-state index in [1.54, 1.807) is 0 Å². The number of aromatic nitrogens is 1. The zero-order valence-corrected chi connectivity index (χ0v) is 16.5. The van der Waals surface area contributed by atoms with Crippen molar-refractivity contribution in [2.45, 2.75) is 12.3 Å². The van der Waals surface area contributed by atoms with E-state index in [2.05, 4.69) is 52.8 Å². The minimum Gasteiger partial charge on any atom is -0.361 e. The molecule has 0 radical (unpaired) electrons. The van der Waals surface area contributed by atoms with Crippen LogP contribution in [0.2, 0.25) is 0 Å². The van der Waals surface area contributed by atoms with Gasteiger partial charge in [-0.25, -0.2) is 0 Å². The van der Waals surface area contributed by atoms with Crippen molar-refractivity contribution < 1.29 is 4.79 Å². The third-order valence-electron chi connectivity index (χ3n) is 5.63. The second kappa shape index (κ2) is 7.88. The molecule has 1 aromatic heterocycles. The van der Waals surface area contributed by atoms with Crippen molar-refractivity contribution in [3.63, 3.8) is 0 Å². The fourth-order valence-corrected chi connectivity index (χ4v) is 4.06. The van der Waals surface area contributed by atoms with E-state index >= 15 is 0 Å². The molecule has 0 aliphatic carbocycles. The number of carbonyl (C=O) groups excluding carboxylic acids is 1. The highest BCUT2D eigenvalue weighted by molar-refractivity contribution is 5.97. The van der Waals surface area contributed by atoms with Crippen molar-refractivity contribution in [3.05, 3.63) is 114 Å². The number of hydrogen-bond acceptors (Lipinski definition) is 1. The largest absolute Gasteiger partial charge is 0.361 e. The van der Waals surface area contributed by atoms with E-state index in [-0.39, 0.29) is 11.8 Å². The molecule has 1 atom stereocenters. The lowest BCUT2D eigenvalue weighted by Crippen LogP contribution is -2.23. The van der Waals surface area contributed by atoms with Crippen LogP contribution in [0.3, 0.4) is 0 Å². The molecule has 0 aliphatic rings. The molecule has 1 heterocycles. The number of anilines is 1. The topological polar surface area (TPSA) is 44.9 Å². The first-order valence-corrected chi connectivity index (χ1v) is 10.2. The molecule has 5 rings (SSSR count). The second-order valence-electron chi connectivity index (χ2n) is 7.58. The minimum absolute atomic E-state index is 0.00163. The van der Waals surface area contributed by atoms with Gasteiger partial charge in [0.05, 0.1) is 5.92 Å². The molecule has 0 spiro atoms. The number of fused-ring (bicyclic) bond motifs is 2. The quantitative estimate of drug-likeness (QED) is 0.364. The summed E-state index contributed by atoms with van der Waals surface area (Å²) < 4.78 is 0. The number of benzene rings is 4. The molecule has 1 amide bonds. The number of hydrogen-bond donors (Lipinski definition) is 2. The van der Waals surface area contributed by atoms with E-state index in [0.717, 1.165) is 33.1 Å². The number of rotatable bonds is 5. The van der Waals surface area contributed by atoms with Gasteiger partial charge in [0.1, 0.15) is 0 Å². The molecule has 146 valence electrons. The first-order chi connectivity index (χ1) is 14.8. The Morgan fingerprint density at radius 3 is 2.40 bits per heavy atom. The van der Waals surface area contributed by atoms with E-state index in [1.807, 2.05) is 60.8 Å². The lowest BCUT2D eigenvalue weighted by Gasteiger charge is -2.18. The molecular weight excluding hydrogens is 368 g/mol. The number of H-pyrrole nitrogens is 1. The molecule has 3 heteroatoms. The smallest absolute Gasteiger partial charge is 0.232 e. The Bertz CT molecular complexity index is 1320. The molecular formula is C27H22N2O. The van der Waals surface area contributed by atoms with Crippen molar-refractivity contribution in [2.24, 2.45) is 0 Å². The van der Waals surface area contributed by atoms with Gasteiger partial charge in [0, 0.05) is 22.8 Å². The molecule has 0 saturated carbocycles. The average molecular weight is 390 g/mol. The first-order valence-electron chi connectivity index (χ1n) is 10.2. The summed E-state index contributed by atoms with van der Waals surface area (Å²) in [5, 5.41) is 6.58. The Morgan fingerprint density at radius 1 is 0.800 bits per heavy atom. The zero-order valence-electron chi connectivity index (χ0n) is 16.5. The third-order valence-corrected chi connectivity index (χ3v) is 5.63. The lowest BCUT2D eigenvalue weighted by atomic mass is 9.89. The summed E-state index contributed by atoms with van der Waals surface area (Å²) in [5.41, 5.74) is 4.07. The maximum atomic E-state index is 13.4. The predicted octanol–water partition coefficient (Wildman–Crippen LogP) is 6.29. The number of nitrogens with one attached hydrogen (secondary N) is 2. The van der Waals surface area contributed by atoms with E-state index < -0.39 is 0 Å². The molecule has 0 saturated heterocycles. The normalized spacial score (nSPS) is 12.1. The van der Waals surface area contributed by atoms with Gasteiger partial charge < -0.3 is 10.3 Å². The maximum Gasteiger partial charge on any atom is 0.232 e. The molecule has 0 aliphatic heterocycles. The monoisotopic (exact) mass is 390 g/mol. The van der Waals surface area contributed by atoms with Crippen LogP contribution in [0.4, 0.5) is 5.69 Å². The molecule has 0 bridgehead atoms. The summed E-state index contributed by atoms with van der Waals surface area (Å²) >= 11 is 0. The van der Waals surface area contributed by atoms with Crippen LogP contribution in [-0.4, -0.2) is 10.9 Å². The number of carbonyl (C=O) groups is 1. The van der Waals surface area contributed by atoms with Crippen LogP contribution in [0, 0.1) is 0 Å². The van der Waals surface area contributed by atoms with E-state index in [4.69, 9.17) is 0 Å². The Kier molecular flexibility index (Phi) is 4.78. The van der Waals surface area contributed by atoms with Crippen LogP contribution in [0.5, 0.6) is 0 Å². The van der Waals surface area contributed by atoms with Crippen molar-refractivity contribution in [1.29, 1.82) is 0 Å². The summed E-state index contributed by atoms with van der Waals surface area (Å²) in [7, 11) is 0. The van der Waals surface area contributed by atoms with Crippen LogP contribution in [0.25, 0.3) is 21.7 Å². The van der Waals surface area contributed by atoms with Crippen LogP contribution < -0.4 is 5.32 Å². The molecule has 2 N–H and O–H groups in total. The summed E-state index contributed by atoms with van der Waals surface area (Å²) in [6.07, 6.45) is 2.65. The molecule has 30 heavy (non-hydrogen) atoms. The van der Waals surface area contributed by atoms with Crippen LogP contribution >= 0.6 is 0 Å². The van der Waals surface area contributed by atoms with E-state index in [1.165, 1.54) is 5.39 Å². The van der Waals surface area contributed by atoms with Gasteiger partial charge in [0.2, 0.25) is 5.91 Å². The van der Waals surface area contributed by atoms with Gasteiger partial charge in [-0.2, -0.15) is 0 Å². The summed E-state index contributed by atoms with van der Waals surface area (Å²) in [6, 6.07) is 32.4. The third kappa shape index (κ3) is 3.58. The Labute approximate surface area is 175 Å². The summed E-state index contributed by atoms with van der Waals surface area (Å²) in [5.74, 6) is -0.296. The van der Waals surface area contributed by atoms with Gasteiger partial charge in [-0.05, 0) is 46.5 Å². The average Bonchev–Trinajstić information content (AvgIpc) is 3.20. The van der Waals surface area contributed by atoms with E-state index in [0.29, 0.717) is 6.42 Å². The zero-order chi connectivity index (χ0) is 20.3. The highest BCUT2D eigenvalue weighted by Crippen LogP contribution is 2.29. The maximum absolute atomic E-state index is 13.4. The Balaban J connectivity index is 1.54. The fraction of sp³-hybridized carbons (Fsp3) is 0.0741. The standard InChI is InChI=1S/C27H22N2O/c30-27(29-23-10-2-1-3-11-23)25(17-22-18-28-26-13-7-6-12-24(22)26)21-15-14-19-8-4-5-9-20(19)16-21/h1-16,18,25,28H,17H2,(H,29,30)/t25-/m0/s1. The van der Waals surface area contributed by atoms with Gasteiger partial charge in [0.25, 0.3) is 0 Å². The number of para-hydroxylation sites is 2. The van der Waals surface area contributed by atoms with Crippen molar-refractivity contribution >= 4 is 33.3 Å². The van der Waals surface area contributed by atoms with Gasteiger partial charge >= 0.3 is 0 Å². The lowest BCUT2D eigenvalue weighted by molar-refractivity contribution is -0.117. The summed E-state index contributed by atoms with van der Waals surface area (Å²) in [6.45, 7) is 0. The predicted molar refractivity (Wildman–Crippen MR) is 124 cm³/mol. The molecule has 0 unspecified atom stereocenters. The van der Waals surface area contributed by atoms with Crippen LogP contribution in [-0.2, 0) is 11.2 Å². The Hall–Kier alpha value is -3.85. The van der Waals surface area contributed by atoms with Crippen molar-refractivity contribution in [3.8, 4) is 0 Å². The van der Waals surface area contributed by atoms with Gasteiger partial charge in [-0.3, -0.25) is 4.79 Å². The highest BCUT2D eigenvalue weighted by Gasteiger charge is 2.23. The van der Waals surface area contributed by atoms with Crippen molar-refractivity contribution in [2.75, 3.05) is 5.32 Å². The fourth-order valence-electron chi connectivity index (χ4n) is 4.06. The second-order valence-corrected chi connectivity index (χ2v) is 7.58. The molecule has 4 aromatic carbocycles. The van der Waals surface area contributed by atoms with Gasteiger partial charge in [0.15, 0.2) is 0 Å². The number of amides is 1. The SMILES string of the molecule is O=C(Nc1ccccc1)[C@@H](Cc1c[nH]c2ccccc12)c1ccc2ccccc2c1. The van der Waals surface area contributed by atoms with E-state index in [9.17, 15) is 4.79 Å². The van der Waals surface area contributed by atoms with Gasteiger partial charge in [-0.15, -0.1) is 0 Å².